The van der Waals surface area contributed by atoms with Crippen molar-refractivity contribution in [3.63, 3.8) is 0 Å². The first-order valence-corrected chi connectivity index (χ1v) is 12.7. The molecule has 5 heterocycles. The molecule has 1 amide bonds. The molecule has 0 atom stereocenters. The number of carbonyl (C=O) groups is 1. The molecular weight excluding hydrogens is 506 g/mol. The molecular formula is C22H13N7O3S3. The molecule has 6 rings (SSSR count). The summed E-state index contributed by atoms with van der Waals surface area (Å²) in [5.41, 5.74) is 4.72. The zero-order valence-electron chi connectivity index (χ0n) is 17.8. The number of aromatic nitrogens is 5. The zero-order valence-corrected chi connectivity index (χ0v) is 20.3. The van der Waals surface area contributed by atoms with E-state index in [1.54, 1.807) is 39.1 Å². The van der Waals surface area contributed by atoms with E-state index in [1.165, 1.54) is 12.1 Å². The van der Waals surface area contributed by atoms with Gasteiger partial charge < -0.3 is 5.32 Å². The number of anilines is 1. The second-order valence-corrected chi connectivity index (χ2v) is 10.6. The van der Waals surface area contributed by atoms with Crippen LogP contribution in [0.3, 0.4) is 0 Å². The van der Waals surface area contributed by atoms with Gasteiger partial charge in [-0.2, -0.15) is 5.10 Å². The summed E-state index contributed by atoms with van der Waals surface area (Å²) in [5, 5.41) is 20.7. The van der Waals surface area contributed by atoms with Gasteiger partial charge in [-0.1, -0.05) is 11.3 Å². The van der Waals surface area contributed by atoms with Crippen LogP contribution in [0.1, 0.15) is 14.5 Å². The number of carbonyl (C=O) groups excluding carboxylic acids is 1. The topological polar surface area (TPSA) is 129 Å². The Balaban J connectivity index is 1.49. The summed E-state index contributed by atoms with van der Waals surface area (Å²) in [6.45, 7) is 2.01. The molecule has 0 bridgehead atoms. The second-order valence-electron chi connectivity index (χ2n) is 7.49. The van der Waals surface area contributed by atoms with Crippen LogP contribution in [-0.4, -0.2) is 35.6 Å². The number of nitro groups is 1. The predicted octanol–water partition coefficient (Wildman–Crippen LogP) is 5.68. The fourth-order valence-corrected chi connectivity index (χ4v) is 5.61. The van der Waals surface area contributed by atoms with Crippen molar-refractivity contribution in [3.8, 4) is 17.1 Å². The number of hydrogen-bond acceptors (Lipinski definition) is 10. The lowest BCUT2D eigenvalue weighted by atomic mass is 10.2. The maximum absolute atomic E-state index is 12.9. The van der Waals surface area contributed by atoms with Crippen molar-refractivity contribution in [3.05, 3.63) is 73.4 Å². The standard InChI is InChI=1S/C22H13N7O3S3/c1-11-6-13(9-33-11)28-21-14(8-24-28)20(27-22(30)17-4-5-18(35-17)29(31)32)25-19(26-21)12-2-3-16-15(7-12)23-10-34-16/h2-10H,1H3,(H,25,26,27,30). The summed E-state index contributed by atoms with van der Waals surface area (Å²) in [6, 6.07) is 10.5. The third-order valence-electron chi connectivity index (χ3n) is 5.21. The Morgan fingerprint density at radius 3 is 2.80 bits per heavy atom. The van der Waals surface area contributed by atoms with Gasteiger partial charge in [0, 0.05) is 21.9 Å². The van der Waals surface area contributed by atoms with Gasteiger partial charge >= 0.3 is 5.00 Å². The average molecular weight is 520 g/mol. The maximum Gasteiger partial charge on any atom is 0.324 e. The number of benzene rings is 1. The Kier molecular flexibility index (Phi) is 5.09. The van der Waals surface area contributed by atoms with Crippen molar-refractivity contribution in [2.45, 2.75) is 6.92 Å². The zero-order chi connectivity index (χ0) is 24.1. The fraction of sp³-hybridized carbons (Fsp3) is 0.0455. The lowest BCUT2D eigenvalue weighted by Crippen LogP contribution is -2.12. The first-order valence-electron chi connectivity index (χ1n) is 10.2. The van der Waals surface area contributed by atoms with Crippen molar-refractivity contribution in [2.24, 2.45) is 0 Å². The van der Waals surface area contributed by atoms with E-state index in [2.05, 4.69) is 20.4 Å². The van der Waals surface area contributed by atoms with E-state index in [4.69, 9.17) is 4.98 Å². The Morgan fingerprint density at radius 2 is 2.03 bits per heavy atom. The number of aryl methyl sites for hydroxylation is 1. The molecule has 0 aliphatic heterocycles. The first-order chi connectivity index (χ1) is 17.0. The number of hydrogen-bond donors (Lipinski definition) is 1. The molecule has 1 N–H and O–H groups in total. The maximum atomic E-state index is 12.9. The van der Waals surface area contributed by atoms with Gasteiger partial charge in [0.15, 0.2) is 11.5 Å². The molecule has 6 aromatic rings. The summed E-state index contributed by atoms with van der Waals surface area (Å²) < 4.78 is 2.75. The van der Waals surface area contributed by atoms with E-state index >= 15 is 0 Å². The summed E-state index contributed by atoms with van der Waals surface area (Å²) in [6.07, 6.45) is 1.60. The number of fused-ring (bicyclic) bond motifs is 2. The van der Waals surface area contributed by atoms with E-state index in [1.807, 2.05) is 36.6 Å². The molecule has 0 radical (unpaired) electrons. The molecule has 0 spiro atoms. The molecule has 10 nitrogen and oxygen atoms in total. The molecule has 0 aliphatic rings. The molecule has 5 aromatic heterocycles. The number of nitrogens with one attached hydrogen (secondary N) is 1. The van der Waals surface area contributed by atoms with Crippen LogP contribution in [0.15, 0.2) is 53.5 Å². The van der Waals surface area contributed by atoms with Crippen LogP contribution >= 0.6 is 34.0 Å². The van der Waals surface area contributed by atoms with Gasteiger partial charge in [-0.05, 0) is 37.3 Å². The van der Waals surface area contributed by atoms with E-state index in [-0.39, 0.29) is 15.7 Å². The number of rotatable bonds is 5. The summed E-state index contributed by atoms with van der Waals surface area (Å²) in [7, 11) is 0. The lowest BCUT2D eigenvalue weighted by molar-refractivity contribution is -0.380. The molecule has 0 unspecified atom stereocenters. The largest absolute Gasteiger partial charge is 0.324 e. The first kappa shape index (κ1) is 21.5. The molecule has 0 aliphatic carbocycles. The van der Waals surface area contributed by atoms with Crippen LogP contribution in [0.5, 0.6) is 0 Å². The highest BCUT2D eigenvalue weighted by atomic mass is 32.1. The smallest absolute Gasteiger partial charge is 0.305 e. The minimum absolute atomic E-state index is 0.110. The van der Waals surface area contributed by atoms with Gasteiger partial charge in [0.05, 0.1) is 42.8 Å². The van der Waals surface area contributed by atoms with Gasteiger partial charge in [0.1, 0.15) is 5.82 Å². The third-order valence-corrected chi connectivity index (χ3v) is 7.90. The van der Waals surface area contributed by atoms with Gasteiger partial charge in [0.25, 0.3) is 5.91 Å². The van der Waals surface area contributed by atoms with Crippen LogP contribution < -0.4 is 5.32 Å². The van der Waals surface area contributed by atoms with Gasteiger partial charge in [-0.15, -0.1) is 22.7 Å². The minimum Gasteiger partial charge on any atom is -0.305 e. The van der Waals surface area contributed by atoms with Crippen molar-refractivity contribution in [2.75, 3.05) is 5.32 Å². The van der Waals surface area contributed by atoms with Crippen LogP contribution in [-0.2, 0) is 0 Å². The molecule has 1 aromatic carbocycles. The number of nitrogens with zero attached hydrogens (tertiary/aromatic N) is 6. The Morgan fingerprint density at radius 1 is 1.14 bits per heavy atom. The third kappa shape index (κ3) is 3.84. The quantitative estimate of drug-likeness (QED) is 0.229. The predicted molar refractivity (Wildman–Crippen MR) is 137 cm³/mol. The molecule has 0 fully saturated rings. The lowest BCUT2D eigenvalue weighted by Gasteiger charge is -2.08. The Hall–Kier alpha value is -4.07. The van der Waals surface area contributed by atoms with Gasteiger partial charge in [-0.3, -0.25) is 14.9 Å². The number of thiophene rings is 2. The van der Waals surface area contributed by atoms with E-state index in [0.29, 0.717) is 16.9 Å². The Bertz CT molecular complexity index is 1760. The summed E-state index contributed by atoms with van der Waals surface area (Å²) >= 11 is 3.94. The van der Waals surface area contributed by atoms with Crippen molar-refractivity contribution < 1.29 is 9.72 Å². The van der Waals surface area contributed by atoms with Gasteiger partial charge in [0.2, 0.25) is 0 Å². The van der Waals surface area contributed by atoms with Gasteiger partial charge in [-0.25, -0.2) is 19.6 Å². The van der Waals surface area contributed by atoms with Crippen LogP contribution in [0.2, 0.25) is 0 Å². The van der Waals surface area contributed by atoms with Crippen LogP contribution in [0.4, 0.5) is 10.8 Å². The van der Waals surface area contributed by atoms with Crippen molar-refractivity contribution >= 4 is 72.0 Å². The van der Waals surface area contributed by atoms with E-state index in [0.717, 1.165) is 37.7 Å². The van der Waals surface area contributed by atoms with E-state index < -0.39 is 10.8 Å². The average Bonchev–Trinajstić information content (AvgIpc) is 3.64. The molecule has 0 saturated carbocycles. The second kappa shape index (κ2) is 8.30. The van der Waals surface area contributed by atoms with E-state index in [9.17, 15) is 14.9 Å². The van der Waals surface area contributed by atoms with Crippen LogP contribution in [0, 0.1) is 17.0 Å². The fourth-order valence-electron chi connectivity index (χ4n) is 3.58. The highest BCUT2D eigenvalue weighted by Gasteiger charge is 2.20. The molecule has 13 heteroatoms. The van der Waals surface area contributed by atoms with Crippen molar-refractivity contribution in [1.29, 1.82) is 0 Å². The molecule has 35 heavy (non-hydrogen) atoms. The number of thiazole rings is 1. The van der Waals surface area contributed by atoms with Crippen LogP contribution in [0.25, 0.3) is 38.3 Å². The highest BCUT2D eigenvalue weighted by molar-refractivity contribution is 7.17. The minimum atomic E-state index is -0.524. The number of amides is 1. The SMILES string of the molecule is Cc1cc(-n2ncc3c(NC(=O)c4ccc([N+](=O)[O-])s4)nc(-c4ccc5scnc5c4)nc32)cs1. The molecule has 0 saturated heterocycles. The van der Waals surface area contributed by atoms with Crippen molar-refractivity contribution in [1.82, 2.24) is 24.7 Å². The summed E-state index contributed by atoms with van der Waals surface area (Å²) in [4.78, 5) is 38.6. The monoisotopic (exact) mass is 519 g/mol. The Labute approximate surface area is 208 Å². The normalized spacial score (nSPS) is 11.3. The summed E-state index contributed by atoms with van der Waals surface area (Å²) in [5.74, 6) is 0.166. The molecule has 172 valence electrons. The highest BCUT2D eigenvalue weighted by Crippen LogP contribution is 2.31.